The Morgan fingerprint density at radius 1 is 1.50 bits per heavy atom. The minimum absolute atomic E-state index is 0.416. The van der Waals surface area contributed by atoms with E-state index in [1.54, 1.807) is 18.3 Å². The van der Waals surface area contributed by atoms with Gasteiger partial charge in [-0.3, -0.25) is 4.79 Å². The Hall–Kier alpha value is -1.64. The summed E-state index contributed by atoms with van der Waals surface area (Å²) in [6, 6.07) is 3.36. The van der Waals surface area contributed by atoms with Gasteiger partial charge >= 0.3 is 0 Å². The van der Waals surface area contributed by atoms with Crippen molar-refractivity contribution in [2.75, 3.05) is 6.61 Å². The summed E-state index contributed by atoms with van der Waals surface area (Å²) in [5.74, 6) is 0.674. The van der Waals surface area contributed by atoms with Crippen LogP contribution in [0.25, 0.3) is 0 Å². The minimum atomic E-state index is 0.416. The van der Waals surface area contributed by atoms with Crippen LogP contribution in [0.2, 0.25) is 0 Å². The molecule has 0 aliphatic carbocycles. The highest BCUT2D eigenvalue weighted by atomic mass is 16.5. The summed E-state index contributed by atoms with van der Waals surface area (Å²) in [6.45, 7) is 4.55. The summed E-state index contributed by atoms with van der Waals surface area (Å²) in [5, 5.41) is 0. The van der Waals surface area contributed by atoms with Crippen molar-refractivity contribution in [3.63, 3.8) is 0 Å². The maximum Gasteiger partial charge on any atom is 0.168 e. The molecule has 0 fully saturated rings. The number of carbonyl (C=O) groups is 1. The molecule has 1 aromatic heterocycles. The highest BCUT2D eigenvalue weighted by Crippen LogP contribution is 2.08. The highest BCUT2D eigenvalue weighted by Gasteiger charge is 1.93. The number of hydrogen-bond acceptors (Lipinski definition) is 3. The van der Waals surface area contributed by atoms with Crippen LogP contribution >= 0.6 is 0 Å². The topological polar surface area (TPSA) is 39.2 Å². The molecular weight excluding hydrogens is 178 g/mol. The fourth-order valence-corrected chi connectivity index (χ4v) is 0.851. The Kier molecular flexibility index (Phi) is 3.85. The maximum absolute atomic E-state index is 10.3. The lowest BCUT2D eigenvalue weighted by atomic mass is 10.3. The number of aldehydes is 1. The molecule has 74 valence electrons. The Labute approximate surface area is 83.4 Å². The van der Waals surface area contributed by atoms with E-state index in [4.69, 9.17) is 4.74 Å². The standard InChI is InChI=1S/C11H13NO2/c1-9(2)5-6-14-11-4-3-10(8-13)12-7-11/h3-5,7-8H,6H2,1-2H3. The predicted octanol–water partition coefficient (Wildman–Crippen LogP) is 2.24. The van der Waals surface area contributed by atoms with Gasteiger partial charge in [0.15, 0.2) is 6.29 Å². The molecule has 0 aromatic carbocycles. The van der Waals surface area contributed by atoms with Gasteiger partial charge in [-0.25, -0.2) is 4.98 Å². The molecule has 0 bridgehead atoms. The maximum atomic E-state index is 10.3. The minimum Gasteiger partial charge on any atom is -0.488 e. The molecule has 1 rings (SSSR count). The second-order valence-electron chi connectivity index (χ2n) is 3.13. The van der Waals surface area contributed by atoms with E-state index in [1.807, 2.05) is 19.9 Å². The van der Waals surface area contributed by atoms with E-state index in [2.05, 4.69) is 4.98 Å². The molecule has 0 N–H and O–H groups in total. The number of nitrogens with zero attached hydrogens (tertiary/aromatic N) is 1. The monoisotopic (exact) mass is 191 g/mol. The SMILES string of the molecule is CC(C)=CCOc1ccc(C=O)nc1. The van der Waals surface area contributed by atoms with Crippen molar-refractivity contribution >= 4 is 6.29 Å². The number of hydrogen-bond donors (Lipinski definition) is 0. The van der Waals surface area contributed by atoms with Gasteiger partial charge in [-0.15, -0.1) is 0 Å². The molecule has 0 saturated heterocycles. The van der Waals surface area contributed by atoms with E-state index >= 15 is 0 Å². The molecule has 1 heterocycles. The van der Waals surface area contributed by atoms with Gasteiger partial charge in [-0.05, 0) is 32.1 Å². The predicted molar refractivity (Wildman–Crippen MR) is 54.6 cm³/mol. The molecule has 14 heavy (non-hydrogen) atoms. The van der Waals surface area contributed by atoms with Gasteiger partial charge < -0.3 is 4.74 Å². The number of carbonyl (C=O) groups excluding carboxylic acids is 1. The smallest absolute Gasteiger partial charge is 0.168 e. The summed E-state index contributed by atoms with van der Waals surface area (Å²) in [6.07, 6.45) is 4.23. The molecule has 3 nitrogen and oxygen atoms in total. The van der Waals surface area contributed by atoms with Gasteiger partial charge in [0.2, 0.25) is 0 Å². The Balaban J connectivity index is 2.52. The molecule has 3 heteroatoms. The molecule has 0 spiro atoms. The van der Waals surface area contributed by atoms with Gasteiger partial charge in [-0.2, -0.15) is 0 Å². The van der Waals surface area contributed by atoms with E-state index in [9.17, 15) is 4.79 Å². The van der Waals surface area contributed by atoms with E-state index in [0.29, 0.717) is 24.3 Å². The Morgan fingerprint density at radius 2 is 2.29 bits per heavy atom. The van der Waals surface area contributed by atoms with Gasteiger partial charge in [0.05, 0.1) is 6.20 Å². The van der Waals surface area contributed by atoms with Gasteiger partial charge in [0.25, 0.3) is 0 Å². The first-order chi connectivity index (χ1) is 6.72. The van der Waals surface area contributed by atoms with Crippen LogP contribution in [0.5, 0.6) is 5.75 Å². The van der Waals surface area contributed by atoms with Crippen LogP contribution < -0.4 is 4.74 Å². The lowest BCUT2D eigenvalue weighted by Crippen LogP contribution is -1.95. The summed E-state index contributed by atoms with van der Waals surface area (Å²) in [4.78, 5) is 14.2. The van der Waals surface area contributed by atoms with E-state index in [-0.39, 0.29) is 0 Å². The molecule has 0 amide bonds. The van der Waals surface area contributed by atoms with Crippen LogP contribution in [0.1, 0.15) is 24.3 Å². The lowest BCUT2D eigenvalue weighted by Gasteiger charge is -2.02. The third-order valence-electron chi connectivity index (χ3n) is 1.62. The average Bonchev–Trinajstić information content (AvgIpc) is 2.18. The van der Waals surface area contributed by atoms with E-state index in [1.165, 1.54) is 5.57 Å². The third kappa shape index (κ3) is 3.39. The molecule has 0 saturated carbocycles. The first-order valence-electron chi connectivity index (χ1n) is 4.40. The van der Waals surface area contributed by atoms with Crippen LogP contribution in [0.3, 0.4) is 0 Å². The molecule has 0 unspecified atom stereocenters. The largest absolute Gasteiger partial charge is 0.488 e. The van der Waals surface area contributed by atoms with Crippen molar-refractivity contribution in [1.82, 2.24) is 4.98 Å². The van der Waals surface area contributed by atoms with Crippen LogP contribution in [0.15, 0.2) is 30.0 Å². The third-order valence-corrected chi connectivity index (χ3v) is 1.62. The van der Waals surface area contributed by atoms with E-state index < -0.39 is 0 Å². The zero-order valence-corrected chi connectivity index (χ0v) is 8.36. The average molecular weight is 191 g/mol. The Morgan fingerprint density at radius 3 is 2.79 bits per heavy atom. The van der Waals surface area contributed by atoms with Gasteiger partial charge in [0, 0.05) is 0 Å². The van der Waals surface area contributed by atoms with E-state index in [0.717, 1.165) is 0 Å². The van der Waals surface area contributed by atoms with Crippen LogP contribution in [0, 0.1) is 0 Å². The van der Waals surface area contributed by atoms with Crippen molar-refractivity contribution in [2.24, 2.45) is 0 Å². The number of aromatic nitrogens is 1. The first kappa shape index (κ1) is 10.4. The summed E-state index contributed by atoms with van der Waals surface area (Å²) < 4.78 is 5.36. The molecular formula is C11H13NO2. The number of ether oxygens (including phenoxy) is 1. The summed E-state index contributed by atoms with van der Waals surface area (Å²) in [5.41, 5.74) is 1.63. The van der Waals surface area contributed by atoms with Crippen molar-refractivity contribution in [3.05, 3.63) is 35.7 Å². The molecule has 1 aromatic rings. The number of rotatable bonds is 4. The fourth-order valence-electron chi connectivity index (χ4n) is 0.851. The van der Waals surface area contributed by atoms with Crippen molar-refractivity contribution in [1.29, 1.82) is 0 Å². The Bertz CT molecular complexity index is 324. The zero-order valence-electron chi connectivity index (χ0n) is 8.36. The lowest BCUT2D eigenvalue weighted by molar-refractivity contribution is 0.111. The van der Waals surface area contributed by atoms with Crippen molar-refractivity contribution < 1.29 is 9.53 Å². The quantitative estimate of drug-likeness (QED) is 0.541. The van der Waals surface area contributed by atoms with Crippen molar-refractivity contribution in [2.45, 2.75) is 13.8 Å². The molecule has 0 aliphatic heterocycles. The van der Waals surface area contributed by atoms with Gasteiger partial charge in [-0.1, -0.05) is 5.57 Å². The number of allylic oxidation sites excluding steroid dienone is 1. The van der Waals surface area contributed by atoms with Crippen LogP contribution in [0.4, 0.5) is 0 Å². The van der Waals surface area contributed by atoms with Gasteiger partial charge in [0.1, 0.15) is 18.1 Å². The normalized spacial score (nSPS) is 9.29. The molecule has 0 radical (unpaired) electrons. The fraction of sp³-hybridized carbons (Fsp3) is 0.273. The second kappa shape index (κ2) is 5.17. The van der Waals surface area contributed by atoms with Crippen molar-refractivity contribution in [3.8, 4) is 5.75 Å². The van der Waals surface area contributed by atoms with Crippen LogP contribution in [-0.2, 0) is 0 Å². The summed E-state index contributed by atoms with van der Waals surface area (Å²) in [7, 11) is 0. The first-order valence-corrected chi connectivity index (χ1v) is 4.40. The second-order valence-corrected chi connectivity index (χ2v) is 3.13. The van der Waals surface area contributed by atoms with Crippen LogP contribution in [-0.4, -0.2) is 17.9 Å². The number of pyridine rings is 1. The molecule has 0 aliphatic rings. The summed E-state index contributed by atoms with van der Waals surface area (Å²) >= 11 is 0. The molecule has 0 atom stereocenters. The highest BCUT2D eigenvalue weighted by molar-refractivity contribution is 5.71. The zero-order chi connectivity index (χ0) is 10.4.